The summed E-state index contributed by atoms with van der Waals surface area (Å²) in [5.41, 5.74) is 0. The fraction of sp³-hybridized carbons (Fsp3) is 1.00. The van der Waals surface area contributed by atoms with Gasteiger partial charge in [0.2, 0.25) is 0 Å². The summed E-state index contributed by atoms with van der Waals surface area (Å²) < 4.78 is 10.9. The second kappa shape index (κ2) is 5.17. The molecule has 0 amide bonds. The van der Waals surface area contributed by atoms with Gasteiger partial charge in [-0.15, -0.1) is 23.2 Å². The van der Waals surface area contributed by atoms with Crippen LogP contribution in [0.5, 0.6) is 0 Å². The lowest BCUT2D eigenvalue weighted by Gasteiger charge is -2.23. The normalized spacial score (nSPS) is 34.0. The Morgan fingerprint density at radius 2 is 1.40 bits per heavy atom. The molecule has 4 atom stereocenters. The molecule has 1 heterocycles. The first-order valence-corrected chi connectivity index (χ1v) is 5.82. The Hall–Kier alpha value is 0.420. The van der Waals surface area contributed by atoms with Crippen LogP contribution >= 0.6 is 23.2 Å². The van der Waals surface area contributed by atoms with Gasteiger partial charge in [-0.05, 0) is 13.8 Å². The van der Waals surface area contributed by atoms with E-state index in [-0.39, 0.29) is 11.8 Å². The summed E-state index contributed by atoms with van der Waals surface area (Å²) in [6, 6.07) is 0. The topological polar surface area (TPSA) is 58.9 Å². The number of hydrogen-bond donors (Lipinski definition) is 2. The molecule has 6 heteroatoms. The maximum absolute atomic E-state index is 9.61. The fourth-order valence-electron chi connectivity index (χ4n) is 1.59. The van der Waals surface area contributed by atoms with E-state index in [1.165, 1.54) is 0 Å². The van der Waals surface area contributed by atoms with E-state index in [2.05, 4.69) is 0 Å². The summed E-state index contributed by atoms with van der Waals surface area (Å²) >= 11 is 11.1. The van der Waals surface area contributed by atoms with Gasteiger partial charge < -0.3 is 19.7 Å². The lowest BCUT2D eigenvalue weighted by molar-refractivity contribution is -0.158. The van der Waals surface area contributed by atoms with E-state index in [4.69, 9.17) is 32.7 Å². The van der Waals surface area contributed by atoms with Gasteiger partial charge in [-0.25, -0.2) is 0 Å². The van der Waals surface area contributed by atoms with Crippen LogP contribution in [0.25, 0.3) is 0 Å². The molecule has 0 radical (unpaired) electrons. The van der Waals surface area contributed by atoms with Crippen molar-refractivity contribution >= 4 is 23.2 Å². The summed E-state index contributed by atoms with van der Waals surface area (Å²) in [7, 11) is 0. The van der Waals surface area contributed by atoms with Crippen molar-refractivity contribution in [1.29, 1.82) is 0 Å². The average molecular weight is 259 g/mol. The molecule has 4 nitrogen and oxygen atoms in total. The fourth-order valence-corrected chi connectivity index (χ4v) is 1.94. The average Bonchev–Trinajstić information content (AvgIpc) is 2.52. The minimum absolute atomic E-state index is 0.0234. The number of rotatable bonds is 4. The lowest BCUT2D eigenvalue weighted by Crippen LogP contribution is -2.43. The molecule has 0 aromatic rings. The molecule has 0 aliphatic carbocycles. The Bertz CT molecular complexity index is 192. The Balaban J connectivity index is 2.74. The maximum atomic E-state index is 9.61. The van der Waals surface area contributed by atoms with E-state index in [1.807, 2.05) is 0 Å². The zero-order valence-corrected chi connectivity index (χ0v) is 10.2. The number of alkyl halides is 2. The Labute approximate surface area is 99.1 Å². The van der Waals surface area contributed by atoms with E-state index in [0.717, 1.165) is 0 Å². The minimum atomic E-state index is -0.878. The first-order chi connectivity index (χ1) is 6.91. The van der Waals surface area contributed by atoms with Crippen LogP contribution in [-0.4, -0.2) is 52.2 Å². The Kier molecular flexibility index (Phi) is 4.64. The number of hydrogen-bond acceptors (Lipinski definition) is 4. The third-order valence-electron chi connectivity index (χ3n) is 2.24. The molecule has 0 unspecified atom stereocenters. The molecule has 2 N–H and O–H groups in total. The molecule has 1 rings (SSSR count). The van der Waals surface area contributed by atoms with Gasteiger partial charge in [0, 0.05) is 0 Å². The second-order valence-electron chi connectivity index (χ2n) is 4.01. The first kappa shape index (κ1) is 13.5. The molecule has 0 bridgehead atoms. The number of aliphatic hydroxyl groups is 2. The number of halogens is 2. The van der Waals surface area contributed by atoms with Crippen LogP contribution in [-0.2, 0) is 9.47 Å². The third-order valence-corrected chi connectivity index (χ3v) is 2.87. The predicted octanol–water partition coefficient (Wildman–Crippen LogP) is 0.706. The highest BCUT2D eigenvalue weighted by molar-refractivity contribution is 6.18. The van der Waals surface area contributed by atoms with Gasteiger partial charge in [0.05, 0.1) is 24.0 Å². The monoisotopic (exact) mass is 258 g/mol. The molecular formula is C9H16Cl2O4. The van der Waals surface area contributed by atoms with Gasteiger partial charge in [0.25, 0.3) is 0 Å². The van der Waals surface area contributed by atoms with E-state index < -0.39 is 30.2 Å². The second-order valence-corrected chi connectivity index (χ2v) is 4.63. The highest BCUT2D eigenvalue weighted by Crippen LogP contribution is 2.32. The third kappa shape index (κ3) is 3.19. The largest absolute Gasteiger partial charge is 0.389 e. The van der Waals surface area contributed by atoms with Crippen molar-refractivity contribution in [2.45, 2.75) is 44.1 Å². The maximum Gasteiger partial charge on any atom is 0.164 e. The zero-order valence-electron chi connectivity index (χ0n) is 8.69. The Morgan fingerprint density at radius 1 is 1.07 bits per heavy atom. The Morgan fingerprint density at radius 3 is 1.67 bits per heavy atom. The highest BCUT2D eigenvalue weighted by Gasteiger charge is 2.47. The van der Waals surface area contributed by atoms with Crippen LogP contribution in [0.3, 0.4) is 0 Å². The highest BCUT2D eigenvalue weighted by atomic mass is 35.5. The van der Waals surface area contributed by atoms with Crippen LogP contribution in [0, 0.1) is 0 Å². The molecule has 0 aromatic heterocycles. The van der Waals surface area contributed by atoms with E-state index >= 15 is 0 Å². The van der Waals surface area contributed by atoms with E-state index in [0.29, 0.717) is 0 Å². The smallest absolute Gasteiger partial charge is 0.164 e. The number of aliphatic hydroxyl groups excluding tert-OH is 2. The van der Waals surface area contributed by atoms with Gasteiger partial charge >= 0.3 is 0 Å². The van der Waals surface area contributed by atoms with Crippen molar-refractivity contribution in [3.05, 3.63) is 0 Å². The molecule has 1 fully saturated rings. The molecule has 0 aromatic carbocycles. The molecule has 0 saturated carbocycles. The molecule has 90 valence electrons. The van der Waals surface area contributed by atoms with E-state index in [1.54, 1.807) is 13.8 Å². The zero-order chi connectivity index (χ0) is 11.6. The van der Waals surface area contributed by atoms with Crippen LogP contribution in [0.1, 0.15) is 13.8 Å². The van der Waals surface area contributed by atoms with Crippen molar-refractivity contribution in [2.24, 2.45) is 0 Å². The van der Waals surface area contributed by atoms with Gasteiger partial charge in [0.15, 0.2) is 5.79 Å². The van der Waals surface area contributed by atoms with Crippen molar-refractivity contribution < 1.29 is 19.7 Å². The van der Waals surface area contributed by atoms with Crippen molar-refractivity contribution in [3.63, 3.8) is 0 Å². The van der Waals surface area contributed by atoms with Crippen molar-refractivity contribution in [2.75, 3.05) is 11.8 Å². The van der Waals surface area contributed by atoms with Crippen molar-refractivity contribution in [3.8, 4) is 0 Å². The molecule has 15 heavy (non-hydrogen) atoms. The molecular weight excluding hydrogens is 243 g/mol. The van der Waals surface area contributed by atoms with Gasteiger partial charge in [-0.2, -0.15) is 0 Å². The SMILES string of the molecule is CC1(C)O[C@H]([C@H](O)CCl)[C@@H]([C@H](O)CCl)O1. The molecule has 1 aliphatic heterocycles. The standard InChI is InChI=1S/C9H16Cl2O4/c1-9(2)14-7(5(12)3-10)8(15-9)6(13)4-11/h5-8,12-13H,3-4H2,1-2H3/t5-,6-,7-,8-/m1/s1. The van der Waals surface area contributed by atoms with Crippen LogP contribution in [0.4, 0.5) is 0 Å². The van der Waals surface area contributed by atoms with Gasteiger partial charge in [-0.1, -0.05) is 0 Å². The summed E-state index contributed by atoms with van der Waals surface area (Å²) in [4.78, 5) is 0. The van der Waals surface area contributed by atoms with Gasteiger partial charge in [-0.3, -0.25) is 0 Å². The number of ether oxygens (including phenoxy) is 2. The summed E-state index contributed by atoms with van der Waals surface area (Å²) in [5, 5.41) is 19.2. The molecule has 0 spiro atoms. The van der Waals surface area contributed by atoms with Crippen LogP contribution in [0.2, 0.25) is 0 Å². The minimum Gasteiger partial charge on any atom is -0.389 e. The van der Waals surface area contributed by atoms with Gasteiger partial charge in [0.1, 0.15) is 12.2 Å². The summed E-state index contributed by atoms with van der Waals surface area (Å²) in [5.74, 6) is -0.791. The van der Waals surface area contributed by atoms with Crippen LogP contribution in [0.15, 0.2) is 0 Å². The predicted molar refractivity (Wildman–Crippen MR) is 57.3 cm³/mol. The van der Waals surface area contributed by atoms with E-state index in [9.17, 15) is 10.2 Å². The summed E-state index contributed by atoms with van der Waals surface area (Å²) in [6.45, 7) is 3.42. The quantitative estimate of drug-likeness (QED) is 0.730. The first-order valence-electron chi connectivity index (χ1n) is 4.75. The lowest BCUT2D eigenvalue weighted by atomic mass is 10.1. The molecule has 1 saturated heterocycles. The molecule has 1 aliphatic rings. The van der Waals surface area contributed by atoms with Crippen LogP contribution < -0.4 is 0 Å². The summed E-state index contributed by atoms with van der Waals surface area (Å²) in [6.07, 6.45) is -3.05. The van der Waals surface area contributed by atoms with Crippen molar-refractivity contribution in [1.82, 2.24) is 0 Å².